The van der Waals surface area contributed by atoms with Crippen LogP contribution in [0.25, 0.3) is 0 Å². The predicted molar refractivity (Wildman–Crippen MR) is 69.4 cm³/mol. The van der Waals surface area contributed by atoms with Crippen molar-refractivity contribution < 1.29 is 21.8 Å². The fraction of sp³-hybridized carbons (Fsp3) is 0.364. The number of carbonyl (C=O) groups excluding carboxylic acids is 1. The molecule has 0 aliphatic heterocycles. The molecule has 6 nitrogen and oxygen atoms in total. The molecule has 8 heteroatoms. The van der Waals surface area contributed by atoms with Gasteiger partial charge in [-0.1, -0.05) is 6.92 Å². The molecule has 0 radical (unpaired) electrons. The van der Waals surface area contributed by atoms with Gasteiger partial charge in [-0.25, -0.2) is 4.39 Å². The van der Waals surface area contributed by atoms with Gasteiger partial charge in [-0.05, 0) is 24.6 Å². The first kappa shape index (κ1) is 15.4. The molecule has 0 aliphatic rings. The third-order valence-electron chi connectivity index (χ3n) is 2.22. The summed E-state index contributed by atoms with van der Waals surface area (Å²) < 4.78 is 39.8. The van der Waals surface area contributed by atoms with Crippen LogP contribution in [0.1, 0.15) is 13.3 Å². The zero-order valence-corrected chi connectivity index (χ0v) is 11.3. The Morgan fingerprint density at radius 3 is 2.63 bits per heavy atom. The Morgan fingerprint density at radius 1 is 1.53 bits per heavy atom. The summed E-state index contributed by atoms with van der Waals surface area (Å²) in [4.78, 5) is 11.8. The quantitative estimate of drug-likeness (QED) is 0.625. The number of anilines is 2. The fourth-order valence-corrected chi connectivity index (χ4v) is 1.98. The monoisotopic (exact) mass is 290 g/mol. The van der Waals surface area contributed by atoms with Crippen molar-refractivity contribution in [3.63, 3.8) is 0 Å². The van der Waals surface area contributed by atoms with Crippen molar-refractivity contribution in [3.8, 4) is 0 Å². The van der Waals surface area contributed by atoms with E-state index in [0.717, 1.165) is 12.3 Å². The van der Waals surface area contributed by atoms with Crippen LogP contribution in [0.3, 0.4) is 0 Å². The number of nitrogen functional groups attached to an aromatic ring is 1. The minimum atomic E-state index is -3.74. The normalized spacial score (nSPS) is 13.0. The van der Waals surface area contributed by atoms with Gasteiger partial charge in [0.25, 0.3) is 16.0 Å². The molecule has 0 fully saturated rings. The molecule has 1 amide bonds. The van der Waals surface area contributed by atoms with Crippen LogP contribution in [0.5, 0.6) is 0 Å². The van der Waals surface area contributed by atoms with E-state index in [-0.39, 0.29) is 17.8 Å². The van der Waals surface area contributed by atoms with E-state index in [2.05, 4.69) is 9.50 Å². The Morgan fingerprint density at radius 2 is 2.16 bits per heavy atom. The second kappa shape index (κ2) is 5.98. The maximum Gasteiger partial charge on any atom is 0.265 e. The summed E-state index contributed by atoms with van der Waals surface area (Å²) >= 11 is 0. The van der Waals surface area contributed by atoms with Gasteiger partial charge in [0, 0.05) is 5.69 Å². The SMILES string of the molecule is CCC(OS(C)(=O)=O)C(=O)Nc1ccc(N)c(F)c1. The molecule has 106 valence electrons. The lowest BCUT2D eigenvalue weighted by Gasteiger charge is -2.14. The van der Waals surface area contributed by atoms with Gasteiger partial charge in [0.05, 0.1) is 11.9 Å². The number of amides is 1. The number of hydrogen-bond donors (Lipinski definition) is 2. The number of halogens is 1. The highest BCUT2D eigenvalue weighted by Crippen LogP contribution is 2.16. The molecule has 0 saturated carbocycles. The second-order valence-corrected chi connectivity index (χ2v) is 5.52. The van der Waals surface area contributed by atoms with Crippen molar-refractivity contribution in [2.24, 2.45) is 0 Å². The highest BCUT2D eigenvalue weighted by Gasteiger charge is 2.22. The van der Waals surface area contributed by atoms with E-state index in [1.165, 1.54) is 12.1 Å². The molecule has 1 aromatic rings. The summed E-state index contributed by atoms with van der Waals surface area (Å²) in [5.41, 5.74) is 5.43. The molecule has 1 unspecified atom stereocenters. The second-order valence-electron chi connectivity index (χ2n) is 3.92. The number of hydrogen-bond acceptors (Lipinski definition) is 5. The van der Waals surface area contributed by atoms with Crippen molar-refractivity contribution in [2.45, 2.75) is 19.4 Å². The summed E-state index contributed by atoms with van der Waals surface area (Å²) in [6.45, 7) is 1.60. The average molecular weight is 290 g/mol. The minimum absolute atomic E-state index is 0.0440. The lowest BCUT2D eigenvalue weighted by atomic mass is 10.2. The van der Waals surface area contributed by atoms with Crippen molar-refractivity contribution >= 4 is 27.4 Å². The van der Waals surface area contributed by atoms with Crippen LogP contribution in [0.15, 0.2) is 18.2 Å². The van der Waals surface area contributed by atoms with E-state index in [0.29, 0.717) is 0 Å². The number of nitrogens with one attached hydrogen (secondary N) is 1. The van der Waals surface area contributed by atoms with Crippen LogP contribution in [0, 0.1) is 5.82 Å². The third kappa shape index (κ3) is 4.84. The molecular formula is C11H15FN2O4S. The van der Waals surface area contributed by atoms with E-state index in [1.54, 1.807) is 6.92 Å². The highest BCUT2D eigenvalue weighted by molar-refractivity contribution is 7.86. The summed E-state index contributed by atoms with van der Waals surface area (Å²) in [6, 6.07) is 3.74. The maximum absolute atomic E-state index is 13.2. The summed E-state index contributed by atoms with van der Waals surface area (Å²) in [7, 11) is -3.74. The van der Waals surface area contributed by atoms with Crippen molar-refractivity contribution in [1.82, 2.24) is 0 Å². The average Bonchev–Trinajstić information content (AvgIpc) is 2.29. The molecular weight excluding hydrogens is 275 g/mol. The van der Waals surface area contributed by atoms with Gasteiger partial charge in [0.1, 0.15) is 5.82 Å². The van der Waals surface area contributed by atoms with E-state index >= 15 is 0 Å². The molecule has 1 aromatic carbocycles. The Bertz CT molecular complexity index is 574. The molecule has 0 aliphatic carbocycles. The largest absolute Gasteiger partial charge is 0.396 e. The first-order valence-corrected chi connectivity index (χ1v) is 7.28. The molecule has 1 atom stereocenters. The number of benzene rings is 1. The summed E-state index contributed by atoms with van der Waals surface area (Å²) in [5, 5.41) is 2.36. The van der Waals surface area contributed by atoms with Gasteiger partial charge in [0.2, 0.25) is 0 Å². The van der Waals surface area contributed by atoms with E-state index in [4.69, 9.17) is 5.73 Å². The van der Waals surface area contributed by atoms with E-state index in [9.17, 15) is 17.6 Å². The van der Waals surface area contributed by atoms with Gasteiger partial charge in [0.15, 0.2) is 6.10 Å². The number of rotatable bonds is 5. The first-order valence-electron chi connectivity index (χ1n) is 5.47. The Kier molecular flexibility index (Phi) is 4.84. The molecule has 1 rings (SSSR count). The molecule has 19 heavy (non-hydrogen) atoms. The molecule has 0 heterocycles. The molecule has 0 aromatic heterocycles. The van der Waals surface area contributed by atoms with Crippen molar-refractivity contribution in [3.05, 3.63) is 24.0 Å². The Labute approximate surface area is 110 Å². The van der Waals surface area contributed by atoms with Crippen LogP contribution < -0.4 is 11.1 Å². The molecule has 0 spiro atoms. The fourth-order valence-electron chi connectivity index (χ4n) is 1.34. The summed E-state index contributed by atoms with van der Waals surface area (Å²) in [6.07, 6.45) is -0.141. The van der Waals surface area contributed by atoms with Gasteiger partial charge < -0.3 is 11.1 Å². The number of carbonyl (C=O) groups is 1. The van der Waals surface area contributed by atoms with Gasteiger partial charge in [-0.2, -0.15) is 8.42 Å². The lowest BCUT2D eigenvalue weighted by molar-refractivity contribution is -0.122. The van der Waals surface area contributed by atoms with Gasteiger partial charge >= 0.3 is 0 Å². The third-order valence-corrected chi connectivity index (χ3v) is 2.80. The topological polar surface area (TPSA) is 98.5 Å². The zero-order valence-electron chi connectivity index (χ0n) is 10.5. The van der Waals surface area contributed by atoms with Crippen LogP contribution >= 0.6 is 0 Å². The van der Waals surface area contributed by atoms with Gasteiger partial charge in [-0.15, -0.1) is 0 Å². The molecule has 0 bridgehead atoms. The van der Waals surface area contributed by atoms with Crippen LogP contribution in [0.4, 0.5) is 15.8 Å². The van der Waals surface area contributed by atoms with E-state index in [1.807, 2.05) is 0 Å². The van der Waals surface area contributed by atoms with Crippen molar-refractivity contribution in [2.75, 3.05) is 17.3 Å². The smallest absolute Gasteiger partial charge is 0.265 e. The summed E-state index contributed by atoms with van der Waals surface area (Å²) in [5.74, 6) is -1.34. The maximum atomic E-state index is 13.2. The van der Waals surface area contributed by atoms with E-state index < -0.39 is 27.9 Å². The molecule has 3 N–H and O–H groups in total. The lowest BCUT2D eigenvalue weighted by Crippen LogP contribution is -2.31. The van der Waals surface area contributed by atoms with Crippen LogP contribution in [-0.4, -0.2) is 26.7 Å². The Hall–Kier alpha value is -1.67. The minimum Gasteiger partial charge on any atom is -0.396 e. The molecule has 0 saturated heterocycles. The highest BCUT2D eigenvalue weighted by atomic mass is 32.2. The zero-order chi connectivity index (χ0) is 14.6. The Balaban J connectivity index is 2.79. The van der Waals surface area contributed by atoms with Gasteiger partial charge in [-0.3, -0.25) is 8.98 Å². The first-order chi connectivity index (χ1) is 8.73. The standard InChI is InChI=1S/C11H15FN2O4S/c1-3-10(18-19(2,16)17)11(15)14-7-4-5-9(13)8(12)6-7/h4-6,10H,3,13H2,1-2H3,(H,14,15). The van der Waals surface area contributed by atoms with Crippen LogP contribution in [-0.2, 0) is 19.1 Å². The predicted octanol–water partition coefficient (Wildman–Crippen LogP) is 1.10. The van der Waals surface area contributed by atoms with Crippen molar-refractivity contribution in [1.29, 1.82) is 0 Å². The van der Waals surface area contributed by atoms with Crippen LogP contribution in [0.2, 0.25) is 0 Å². The number of nitrogens with two attached hydrogens (primary N) is 1.